The normalized spacial score (nSPS) is 9.53. The Bertz CT molecular complexity index is 392. The van der Waals surface area contributed by atoms with Crippen molar-refractivity contribution in [3.63, 3.8) is 0 Å². The lowest BCUT2D eigenvalue weighted by atomic mass is 10.2. The molecule has 0 aliphatic carbocycles. The van der Waals surface area contributed by atoms with Crippen LogP contribution in [0.4, 0.5) is 5.69 Å². The van der Waals surface area contributed by atoms with Crippen molar-refractivity contribution in [2.75, 3.05) is 0 Å². The van der Waals surface area contributed by atoms with Gasteiger partial charge in [0.15, 0.2) is 0 Å². The van der Waals surface area contributed by atoms with E-state index >= 15 is 0 Å². The van der Waals surface area contributed by atoms with Gasteiger partial charge in [0.05, 0.1) is 11.7 Å². The molecule has 0 aliphatic rings. The lowest BCUT2D eigenvalue weighted by molar-refractivity contribution is 0.0378. The highest BCUT2D eigenvalue weighted by atomic mass is 16.5. The SMILES string of the molecule is CC(C)OC(=O)c1ccc(N=[N+]=[N-])cc1. The Morgan fingerprint density at radius 2 is 2.00 bits per heavy atom. The van der Waals surface area contributed by atoms with Gasteiger partial charge in [-0.3, -0.25) is 0 Å². The molecular formula is C10H11N3O2. The van der Waals surface area contributed by atoms with Crippen molar-refractivity contribution in [2.24, 2.45) is 5.11 Å². The number of ether oxygens (including phenoxy) is 1. The van der Waals surface area contributed by atoms with Crippen LogP contribution < -0.4 is 0 Å². The maximum atomic E-state index is 11.4. The second-order valence-corrected chi connectivity index (χ2v) is 3.19. The molecule has 1 rings (SSSR count). The topological polar surface area (TPSA) is 75.1 Å². The minimum atomic E-state index is -0.377. The molecule has 0 unspecified atom stereocenters. The van der Waals surface area contributed by atoms with E-state index in [0.29, 0.717) is 11.3 Å². The average Bonchev–Trinajstić information content (AvgIpc) is 2.18. The van der Waals surface area contributed by atoms with Gasteiger partial charge < -0.3 is 4.74 Å². The molecule has 5 nitrogen and oxygen atoms in total. The largest absolute Gasteiger partial charge is 0.459 e. The van der Waals surface area contributed by atoms with Gasteiger partial charge in [-0.15, -0.1) is 0 Å². The van der Waals surface area contributed by atoms with Crippen LogP contribution in [0.1, 0.15) is 24.2 Å². The Balaban J connectivity index is 2.79. The molecule has 0 saturated carbocycles. The van der Waals surface area contributed by atoms with E-state index in [0.717, 1.165) is 0 Å². The molecule has 5 heteroatoms. The van der Waals surface area contributed by atoms with Crippen molar-refractivity contribution in [3.8, 4) is 0 Å². The molecule has 1 aromatic carbocycles. The van der Waals surface area contributed by atoms with Gasteiger partial charge in [-0.05, 0) is 31.5 Å². The number of nitrogens with zero attached hydrogens (tertiary/aromatic N) is 3. The van der Waals surface area contributed by atoms with E-state index in [-0.39, 0.29) is 12.1 Å². The van der Waals surface area contributed by atoms with Crippen LogP contribution in [-0.4, -0.2) is 12.1 Å². The quantitative estimate of drug-likeness (QED) is 0.329. The summed E-state index contributed by atoms with van der Waals surface area (Å²) >= 11 is 0. The van der Waals surface area contributed by atoms with Gasteiger partial charge >= 0.3 is 5.97 Å². The summed E-state index contributed by atoms with van der Waals surface area (Å²) in [6, 6.07) is 6.26. The number of azide groups is 1. The smallest absolute Gasteiger partial charge is 0.338 e. The van der Waals surface area contributed by atoms with E-state index in [1.54, 1.807) is 38.1 Å². The third kappa shape index (κ3) is 3.32. The molecule has 1 aromatic rings. The predicted octanol–water partition coefficient (Wildman–Crippen LogP) is 3.19. The third-order valence-corrected chi connectivity index (χ3v) is 1.61. The van der Waals surface area contributed by atoms with E-state index in [1.807, 2.05) is 0 Å². The fraction of sp³-hybridized carbons (Fsp3) is 0.300. The Hall–Kier alpha value is -2.00. The molecule has 0 amide bonds. The fourth-order valence-electron chi connectivity index (χ4n) is 0.998. The van der Waals surface area contributed by atoms with Crippen LogP contribution in [0.25, 0.3) is 10.4 Å². The number of carbonyl (C=O) groups excluding carboxylic acids is 1. The van der Waals surface area contributed by atoms with Gasteiger partial charge in [0.2, 0.25) is 0 Å². The standard InChI is InChI=1S/C10H11N3O2/c1-7(2)15-10(14)8-3-5-9(6-4-8)12-13-11/h3-7H,1-2H3. The molecule has 0 heterocycles. The second kappa shape index (κ2) is 5.02. The zero-order chi connectivity index (χ0) is 11.3. The lowest BCUT2D eigenvalue weighted by Crippen LogP contribution is -2.11. The maximum absolute atomic E-state index is 11.4. The molecule has 0 N–H and O–H groups in total. The maximum Gasteiger partial charge on any atom is 0.338 e. The highest BCUT2D eigenvalue weighted by molar-refractivity contribution is 5.89. The number of rotatable bonds is 3. The first kappa shape index (κ1) is 11.1. The summed E-state index contributed by atoms with van der Waals surface area (Å²) < 4.78 is 4.99. The Labute approximate surface area is 87.3 Å². The van der Waals surface area contributed by atoms with E-state index in [2.05, 4.69) is 10.0 Å². The molecule has 0 radical (unpaired) electrons. The monoisotopic (exact) mass is 205 g/mol. The van der Waals surface area contributed by atoms with Gasteiger partial charge in [0, 0.05) is 10.6 Å². The van der Waals surface area contributed by atoms with Crippen molar-refractivity contribution in [1.82, 2.24) is 0 Å². The highest BCUT2D eigenvalue weighted by Crippen LogP contribution is 2.14. The molecule has 0 saturated heterocycles. The van der Waals surface area contributed by atoms with Crippen molar-refractivity contribution in [1.29, 1.82) is 0 Å². The third-order valence-electron chi connectivity index (χ3n) is 1.61. The van der Waals surface area contributed by atoms with Gasteiger partial charge in [0.1, 0.15) is 0 Å². The summed E-state index contributed by atoms with van der Waals surface area (Å²) in [4.78, 5) is 14.0. The molecular weight excluding hydrogens is 194 g/mol. The van der Waals surface area contributed by atoms with Crippen LogP contribution in [0, 0.1) is 0 Å². The molecule has 0 fully saturated rings. The van der Waals surface area contributed by atoms with Crippen LogP contribution in [0.2, 0.25) is 0 Å². The Morgan fingerprint density at radius 3 is 2.47 bits per heavy atom. The lowest BCUT2D eigenvalue weighted by Gasteiger charge is -2.07. The molecule has 0 aliphatic heterocycles. The van der Waals surface area contributed by atoms with E-state index < -0.39 is 0 Å². The Morgan fingerprint density at radius 1 is 1.40 bits per heavy atom. The molecule has 78 valence electrons. The van der Waals surface area contributed by atoms with Crippen LogP contribution >= 0.6 is 0 Å². The second-order valence-electron chi connectivity index (χ2n) is 3.19. The molecule has 0 bridgehead atoms. The zero-order valence-electron chi connectivity index (χ0n) is 8.54. The first-order valence-corrected chi connectivity index (χ1v) is 4.49. The van der Waals surface area contributed by atoms with E-state index in [4.69, 9.17) is 10.3 Å². The molecule has 0 spiro atoms. The van der Waals surface area contributed by atoms with Crippen LogP contribution in [0.3, 0.4) is 0 Å². The summed E-state index contributed by atoms with van der Waals surface area (Å²) in [5.41, 5.74) is 9.10. The number of hydrogen-bond acceptors (Lipinski definition) is 3. The van der Waals surface area contributed by atoms with Gasteiger partial charge in [-0.2, -0.15) is 0 Å². The van der Waals surface area contributed by atoms with E-state index in [9.17, 15) is 4.79 Å². The average molecular weight is 205 g/mol. The van der Waals surface area contributed by atoms with Crippen molar-refractivity contribution in [3.05, 3.63) is 40.3 Å². The minimum Gasteiger partial charge on any atom is -0.459 e. The summed E-state index contributed by atoms with van der Waals surface area (Å²) in [5.74, 6) is -0.377. The van der Waals surface area contributed by atoms with Crippen LogP contribution in [0.15, 0.2) is 29.4 Å². The number of hydrogen-bond donors (Lipinski definition) is 0. The van der Waals surface area contributed by atoms with Crippen LogP contribution in [0.5, 0.6) is 0 Å². The Kier molecular flexibility index (Phi) is 3.71. The van der Waals surface area contributed by atoms with Crippen molar-refractivity contribution < 1.29 is 9.53 Å². The summed E-state index contributed by atoms with van der Waals surface area (Å²) in [5, 5.41) is 3.40. The van der Waals surface area contributed by atoms with Crippen molar-refractivity contribution in [2.45, 2.75) is 20.0 Å². The highest BCUT2D eigenvalue weighted by Gasteiger charge is 2.07. The van der Waals surface area contributed by atoms with Gasteiger partial charge in [0.25, 0.3) is 0 Å². The summed E-state index contributed by atoms with van der Waals surface area (Å²) in [7, 11) is 0. The molecule has 15 heavy (non-hydrogen) atoms. The number of benzene rings is 1. The molecule has 0 aromatic heterocycles. The molecule has 0 atom stereocenters. The predicted molar refractivity (Wildman–Crippen MR) is 55.8 cm³/mol. The summed E-state index contributed by atoms with van der Waals surface area (Å²) in [6.07, 6.45) is -0.144. The minimum absolute atomic E-state index is 0.144. The zero-order valence-corrected chi connectivity index (χ0v) is 8.54. The first-order valence-electron chi connectivity index (χ1n) is 4.49. The summed E-state index contributed by atoms with van der Waals surface area (Å²) in [6.45, 7) is 3.57. The first-order chi connectivity index (χ1) is 7.13. The fourth-order valence-corrected chi connectivity index (χ4v) is 0.998. The van der Waals surface area contributed by atoms with Crippen LogP contribution in [-0.2, 0) is 4.74 Å². The van der Waals surface area contributed by atoms with Gasteiger partial charge in [-0.25, -0.2) is 4.79 Å². The van der Waals surface area contributed by atoms with Gasteiger partial charge in [-0.1, -0.05) is 17.2 Å². The number of esters is 1. The van der Waals surface area contributed by atoms with E-state index in [1.165, 1.54) is 0 Å². The number of carbonyl (C=O) groups is 1. The van der Waals surface area contributed by atoms with Crippen molar-refractivity contribution >= 4 is 11.7 Å².